The fraction of sp³-hybridized carbons (Fsp3) is 0.394. The predicted octanol–water partition coefficient (Wildman–Crippen LogP) is 5.37. The first-order valence-electron chi connectivity index (χ1n) is 14.5. The van der Waals surface area contributed by atoms with Crippen LogP contribution < -0.4 is 14.4 Å². The highest BCUT2D eigenvalue weighted by Crippen LogP contribution is 2.27. The van der Waals surface area contributed by atoms with E-state index in [1.165, 1.54) is 24.1 Å². The lowest BCUT2D eigenvalue weighted by Gasteiger charge is -2.33. The lowest BCUT2D eigenvalue weighted by molar-refractivity contribution is -0.139. The molecule has 1 aliphatic rings. The fourth-order valence-corrected chi connectivity index (χ4v) is 6.65. The van der Waals surface area contributed by atoms with Gasteiger partial charge in [-0.15, -0.1) is 0 Å². The van der Waals surface area contributed by atoms with Crippen LogP contribution in [-0.2, 0) is 26.2 Å². The van der Waals surface area contributed by atoms with Gasteiger partial charge in [0.05, 0.1) is 17.7 Å². The second-order valence-electron chi connectivity index (χ2n) is 11.0. The number of aryl methyl sites for hydroxylation is 2. The van der Waals surface area contributed by atoms with Crippen molar-refractivity contribution in [3.05, 3.63) is 89.5 Å². The summed E-state index contributed by atoms with van der Waals surface area (Å²) in [7, 11) is -2.63. The lowest BCUT2D eigenvalue weighted by Crippen LogP contribution is -2.53. The van der Waals surface area contributed by atoms with Crippen LogP contribution >= 0.6 is 0 Å². The second kappa shape index (κ2) is 13.9. The summed E-state index contributed by atoms with van der Waals surface area (Å²) in [4.78, 5) is 29.1. The monoisotopic (exact) mass is 591 g/mol. The molecule has 2 amide bonds. The second-order valence-corrected chi connectivity index (χ2v) is 12.9. The van der Waals surface area contributed by atoms with Crippen molar-refractivity contribution in [1.82, 2.24) is 10.2 Å². The summed E-state index contributed by atoms with van der Waals surface area (Å²) in [6, 6.07) is 20.0. The first-order valence-corrected chi connectivity index (χ1v) is 15.9. The van der Waals surface area contributed by atoms with Crippen molar-refractivity contribution in [1.29, 1.82) is 0 Å². The zero-order valence-corrected chi connectivity index (χ0v) is 25.7. The van der Waals surface area contributed by atoms with Gasteiger partial charge < -0.3 is 15.0 Å². The van der Waals surface area contributed by atoms with E-state index < -0.39 is 28.5 Å². The number of carbonyl (C=O) groups excluding carboxylic acids is 2. The highest BCUT2D eigenvalue weighted by molar-refractivity contribution is 7.92. The van der Waals surface area contributed by atoms with Crippen LogP contribution in [0, 0.1) is 13.8 Å². The molecule has 0 aliphatic heterocycles. The van der Waals surface area contributed by atoms with Crippen LogP contribution in [-0.4, -0.2) is 50.9 Å². The third-order valence-electron chi connectivity index (χ3n) is 7.97. The van der Waals surface area contributed by atoms with Gasteiger partial charge in [-0.25, -0.2) is 8.42 Å². The summed E-state index contributed by atoms with van der Waals surface area (Å²) >= 11 is 0. The van der Waals surface area contributed by atoms with E-state index in [0.29, 0.717) is 11.4 Å². The normalized spacial score (nSPS) is 14.6. The molecule has 42 heavy (non-hydrogen) atoms. The van der Waals surface area contributed by atoms with E-state index in [-0.39, 0.29) is 23.4 Å². The number of hydrogen-bond donors (Lipinski definition) is 1. The number of methoxy groups -OCH3 is 1. The summed E-state index contributed by atoms with van der Waals surface area (Å²) in [5, 5.41) is 3.14. The van der Waals surface area contributed by atoms with Gasteiger partial charge >= 0.3 is 0 Å². The first kappa shape index (κ1) is 31.1. The Labute approximate surface area is 249 Å². The zero-order valence-electron chi connectivity index (χ0n) is 24.9. The van der Waals surface area contributed by atoms with Gasteiger partial charge in [-0.3, -0.25) is 13.9 Å². The van der Waals surface area contributed by atoms with Crippen LogP contribution in [0.5, 0.6) is 5.75 Å². The highest BCUT2D eigenvalue weighted by atomic mass is 32.2. The molecule has 0 spiro atoms. The van der Waals surface area contributed by atoms with Gasteiger partial charge in [0.25, 0.3) is 10.0 Å². The molecule has 4 rings (SSSR count). The Bertz CT molecular complexity index is 1470. The Hall–Kier alpha value is -3.85. The van der Waals surface area contributed by atoms with Gasteiger partial charge in [0.2, 0.25) is 11.8 Å². The van der Waals surface area contributed by atoms with Gasteiger partial charge in [0, 0.05) is 12.6 Å². The number of hydrogen-bond acceptors (Lipinski definition) is 5. The van der Waals surface area contributed by atoms with Gasteiger partial charge in [-0.05, 0) is 81.1 Å². The minimum Gasteiger partial charge on any atom is -0.497 e. The minimum absolute atomic E-state index is 0.0326. The molecule has 0 aromatic heterocycles. The summed E-state index contributed by atoms with van der Waals surface area (Å²) in [5.74, 6) is -0.180. The standard InChI is InChI=1S/C33H41N3O5S/c1-24-14-16-29(17-15-24)36(42(39,40)31-20-18-30(41-4)19-21-31)23-32(37)35(22-27-11-9-8-10-25(27)2)26(3)33(38)34-28-12-6-5-7-13-28/h8-11,14-21,26,28H,5-7,12-13,22-23H2,1-4H3,(H,34,38). The van der Waals surface area contributed by atoms with Crippen LogP contribution in [0.15, 0.2) is 77.7 Å². The molecule has 1 N–H and O–H groups in total. The summed E-state index contributed by atoms with van der Waals surface area (Å²) < 4.78 is 34.3. The van der Waals surface area contributed by atoms with Crippen molar-refractivity contribution in [2.45, 2.75) is 76.4 Å². The molecule has 1 saturated carbocycles. The molecule has 1 atom stereocenters. The van der Waals surface area contributed by atoms with Crippen LogP contribution in [0.25, 0.3) is 0 Å². The van der Waals surface area contributed by atoms with Crippen LogP contribution in [0.3, 0.4) is 0 Å². The molecule has 1 unspecified atom stereocenters. The Morgan fingerprint density at radius 3 is 2.19 bits per heavy atom. The largest absolute Gasteiger partial charge is 0.497 e. The number of benzene rings is 3. The fourth-order valence-electron chi connectivity index (χ4n) is 5.24. The maximum absolute atomic E-state index is 14.1. The number of nitrogens with zero attached hydrogens (tertiary/aromatic N) is 2. The van der Waals surface area contributed by atoms with Gasteiger partial charge in [-0.2, -0.15) is 0 Å². The minimum atomic E-state index is -4.14. The van der Waals surface area contributed by atoms with Gasteiger partial charge in [-0.1, -0.05) is 61.2 Å². The van der Waals surface area contributed by atoms with Crippen LogP contribution in [0.2, 0.25) is 0 Å². The van der Waals surface area contributed by atoms with Crippen molar-refractivity contribution in [3.63, 3.8) is 0 Å². The Kier molecular flexibility index (Phi) is 10.3. The number of nitrogens with one attached hydrogen (secondary N) is 1. The molecule has 0 radical (unpaired) electrons. The van der Waals surface area contributed by atoms with E-state index in [9.17, 15) is 18.0 Å². The van der Waals surface area contributed by atoms with Crippen molar-refractivity contribution in [2.75, 3.05) is 18.0 Å². The molecule has 3 aromatic carbocycles. The molecule has 3 aromatic rings. The third kappa shape index (κ3) is 7.50. The molecule has 8 nitrogen and oxygen atoms in total. The molecular formula is C33H41N3O5S. The summed E-state index contributed by atoms with van der Waals surface area (Å²) in [5.41, 5.74) is 3.19. The van der Waals surface area contributed by atoms with Crippen molar-refractivity contribution >= 4 is 27.5 Å². The number of sulfonamides is 1. The van der Waals surface area contributed by atoms with E-state index in [2.05, 4.69) is 5.32 Å². The van der Waals surface area contributed by atoms with E-state index in [1.54, 1.807) is 31.2 Å². The predicted molar refractivity (Wildman–Crippen MR) is 165 cm³/mol. The highest BCUT2D eigenvalue weighted by Gasteiger charge is 2.33. The topological polar surface area (TPSA) is 96.0 Å². The molecule has 9 heteroatoms. The maximum Gasteiger partial charge on any atom is 0.264 e. The number of amides is 2. The quantitative estimate of drug-likeness (QED) is 0.323. The third-order valence-corrected chi connectivity index (χ3v) is 9.76. The van der Waals surface area contributed by atoms with Crippen molar-refractivity contribution < 1.29 is 22.7 Å². The molecule has 0 saturated heterocycles. The molecule has 1 fully saturated rings. The van der Waals surface area contributed by atoms with Crippen molar-refractivity contribution in [2.24, 2.45) is 0 Å². The average molecular weight is 592 g/mol. The van der Waals surface area contributed by atoms with E-state index in [4.69, 9.17) is 4.74 Å². The molecule has 224 valence electrons. The Morgan fingerprint density at radius 2 is 1.57 bits per heavy atom. The molecule has 0 heterocycles. The molecule has 1 aliphatic carbocycles. The van der Waals surface area contributed by atoms with E-state index in [1.807, 2.05) is 50.2 Å². The van der Waals surface area contributed by atoms with E-state index >= 15 is 0 Å². The average Bonchev–Trinajstić information content (AvgIpc) is 3.00. The van der Waals surface area contributed by atoms with Crippen LogP contribution in [0.4, 0.5) is 5.69 Å². The lowest BCUT2D eigenvalue weighted by atomic mass is 9.95. The summed E-state index contributed by atoms with van der Waals surface area (Å²) in [6.07, 6.45) is 5.15. The molecule has 0 bridgehead atoms. The van der Waals surface area contributed by atoms with Crippen molar-refractivity contribution in [3.8, 4) is 5.75 Å². The van der Waals surface area contributed by atoms with E-state index in [0.717, 1.165) is 53.1 Å². The number of carbonyl (C=O) groups is 2. The molecular weight excluding hydrogens is 550 g/mol. The zero-order chi connectivity index (χ0) is 30.3. The van der Waals surface area contributed by atoms with Crippen LogP contribution in [0.1, 0.15) is 55.7 Å². The SMILES string of the molecule is COc1ccc(S(=O)(=O)N(CC(=O)N(Cc2ccccc2C)C(C)C(=O)NC2CCCCC2)c2ccc(C)cc2)cc1. The Balaban J connectivity index is 1.68. The van der Waals surface area contributed by atoms with Gasteiger partial charge in [0.15, 0.2) is 0 Å². The number of anilines is 1. The number of ether oxygens (including phenoxy) is 1. The maximum atomic E-state index is 14.1. The van der Waals surface area contributed by atoms with Gasteiger partial charge in [0.1, 0.15) is 18.3 Å². The smallest absolute Gasteiger partial charge is 0.264 e. The number of rotatable bonds is 11. The first-order chi connectivity index (χ1) is 20.1. The summed E-state index contributed by atoms with van der Waals surface area (Å²) in [6.45, 7) is 5.28. The Morgan fingerprint density at radius 1 is 0.929 bits per heavy atom.